The highest BCUT2D eigenvalue weighted by Gasteiger charge is 2.27. The monoisotopic (exact) mass is 400 g/mol. The van der Waals surface area contributed by atoms with E-state index in [4.69, 9.17) is 0 Å². The van der Waals surface area contributed by atoms with Crippen molar-refractivity contribution < 1.29 is 30.4 Å². The third kappa shape index (κ3) is 3.20. The van der Waals surface area contributed by atoms with Crippen LogP contribution in [0, 0.1) is 0 Å². The lowest BCUT2D eigenvalue weighted by molar-refractivity contribution is 0.471. The van der Waals surface area contributed by atoms with Crippen molar-refractivity contribution in [2.45, 2.75) is 9.79 Å². The number of hydrogen-bond acceptors (Lipinski definition) is 8. The molecule has 0 radical (unpaired) electrons. The normalized spacial score (nSPS) is 12.3. The Balaban J connectivity index is 2.40. The van der Waals surface area contributed by atoms with E-state index in [0.717, 1.165) is 43.0 Å². The van der Waals surface area contributed by atoms with Crippen molar-refractivity contribution in [1.29, 1.82) is 0 Å². The number of halogens is 1. The number of anilines is 2. The van der Waals surface area contributed by atoms with Gasteiger partial charge in [-0.15, -0.1) is 5.12 Å². The van der Waals surface area contributed by atoms with Gasteiger partial charge in [-0.25, -0.2) is 4.98 Å². The number of aromatic nitrogens is 3. The summed E-state index contributed by atoms with van der Waals surface area (Å²) in [6.45, 7) is 0. The maximum Gasteiger partial charge on any atom is 0.297 e. The highest BCUT2D eigenvalue weighted by molar-refractivity contribution is 7.86. The van der Waals surface area contributed by atoms with Crippen LogP contribution in [0.5, 0.6) is 0 Å². The Labute approximate surface area is 146 Å². The van der Waals surface area contributed by atoms with Crippen molar-refractivity contribution in [3.05, 3.63) is 43.0 Å². The molecule has 2 aromatic carbocycles. The molecule has 136 valence electrons. The van der Waals surface area contributed by atoms with Gasteiger partial charge in [0.25, 0.3) is 26.2 Å². The number of fused-ring (bicyclic) bond motifs is 1. The van der Waals surface area contributed by atoms with E-state index in [-0.39, 0.29) is 15.9 Å². The number of rotatable bonds is 4. The molecule has 3 rings (SSSR count). The first-order valence-corrected chi connectivity index (χ1v) is 9.57. The second-order valence-corrected chi connectivity index (χ2v) is 7.68. The van der Waals surface area contributed by atoms with Gasteiger partial charge in [-0.1, -0.05) is 22.7 Å². The number of nitrogens with zero attached hydrogens (tertiary/aromatic N) is 4. The first-order valence-electron chi connectivity index (χ1n) is 6.69. The first-order chi connectivity index (χ1) is 12.1. The molecule has 0 saturated carbocycles. The summed E-state index contributed by atoms with van der Waals surface area (Å²) < 4.78 is 80.2. The largest absolute Gasteiger partial charge is 0.297 e. The lowest BCUT2D eigenvalue weighted by Crippen LogP contribution is -2.13. The van der Waals surface area contributed by atoms with Gasteiger partial charge < -0.3 is 0 Å². The molecule has 0 fully saturated rings. The van der Waals surface area contributed by atoms with Crippen LogP contribution in [-0.2, 0) is 20.2 Å². The Morgan fingerprint density at radius 2 is 1.54 bits per heavy atom. The first kappa shape index (κ1) is 18.1. The van der Waals surface area contributed by atoms with Gasteiger partial charge in [0, 0.05) is 10.8 Å². The van der Waals surface area contributed by atoms with E-state index in [1.165, 1.54) is 0 Å². The Morgan fingerprint density at radius 1 is 0.885 bits per heavy atom. The topological polar surface area (TPSA) is 151 Å². The van der Waals surface area contributed by atoms with Gasteiger partial charge in [-0.05, 0) is 12.1 Å². The van der Waals surface area contributed by atoms with Crippen molar-refractivity contribution in [2.75, 3.05) is 5.12 Å². The molecule has 0 aliphatic carbocycles. The zero-order chi connectivity index (χ0) is 19.1. The summed E-state index contributed by atoms with van der Waals surface area (Å²) in [5.41, 5.74) is -0.654. The summed E-state index contributed by atoms with van der Waals surface area (Å²) in [6, 6.07) is 5.30. The molecular weight excluding hydrogens is 391 g/mol. The number of benzene rings is 2. The molecule has 0 aliphatic rings. The van der Waals surface area contributed by atoms with Crippen LogP contribution in [0.25, 0.3) is 10.8 Å². The second-order valence-electron chi connectivity index (χ2n) is 4.93. The summed E-state index contributed by atoms with van der Waals surface area (Å²) >= 11 is 0. The third-order valence-corrected chi connectivity index (χ3v) is 5.21. The second kappa shape index (κ2) is 6.21. The van der Waals surface area contributed by atoms with Gasteiger partial charge in [0.15, 0.2) is 0 Å². The predicted octanol–water partition coefficient (Wildman–Crippen LogP) is 1.54. The molecule has 0 aliphatic heterocycles. The van der Waals surface area contributed by atoms with E-state index in [2.05, 4.69) is 15.0 Å². The Kier molecular flexibility index (Phi) is 4.31. The molecule has 0 atom stereocenters. The Morgan fingerprint density at radius 3 is 2.12 bits per heavy atom. The molecule has 0 amide bonds. The lowest BCUT2D eigenvalue weighted by atomic mass is 10.1. The molecule has 2 N–H and O–H groups in total. The minimum atomic E-state index is -5.00. The zero-order valence-corrected chi connectivity index (χ0v) is 14.2. The molecule has 10 nitrogen and oxygen atoms in total. The molecule has 26 heavy (non-hydrogen) atoms. The fraction of sp³-hybridized carbons (Fsp3) is 0. The molecule has 13 heteroatoms. The van der Waals surface area contributed by atoms with E-state index in [1.807, 2.05) is 0 Å². The molecule has 0 bridgehead atoms. The van der Waals surface area contributed by atoms with E-state index >= 15 is 0 Å². The van der Waals surface area contributed by atoms with Gasteiger partial charge in [0.05, 0.1) is 5.69 Å². The van der Waals surface area contributed by atoms with E-state index in [0.29, 0.717) is 0 Å². The van der Waals surface area contributed by atoms with Crippen LogP contribution >= 0.6 is 0 Å². The van der Waals surface area contributed by atoms with Gasteiger partial charge in [0.1, 0.15) is 22.4 Å². The average molecular weight is 400 g/mol. The van der Waals surface area contributed by atoms with Crippen LogP contribution in [0.4, 0.5) is 16.1 Å². The van der Waals surface area contributed by atoms with Gasteiger partial charge in [-0.2, -0.15) is 26.8 Å². The molecule has 3 aromatic rings. The summed E-state index contributed by atoms with van der Waals surface area (Å²) in [4.78, 5) is 9.05. The van der Waals surface area contributed by atoms with Crippen molar-refractivity contribution in [3.8, 4) is 0 Å². The smallest absolute Gasteiger partial charge is 0.282 e. The SMILES string of the molecule is O=S(=O)(O)c1cccc2c(S(=O)(=O)O)c(N(F)c3ncncn3)ccc12. The van der Waals surface area contributed by atoms with E-state index < -0.39 is 41.7 Å². The van der Waals surface area contributed by atoms with Crippen LogP contribution in [-0.4, -0.2) is 40.9 Å². The van der Waals surface area contributed by atoms with Gasteiger partial charge in [-0.3, -0.25) is 9.11 Å². The maximum absolute atomic E-state index is 14.7. The molecule has 1 aromatic heterocycles. The molecular formula is C13H9FN4O6S2. The average Bonchev–Trinajstić information content (AvgIpc) is 2.58. The molecule has 0 unspecified atom stereocenters. The van der Waals surface area contributed by atoms with Gasteiger partial charge in [0.2, 0.25) is 0 Å². The minimum Gasteiger partial charge on any atom is -0.282 e. The van der Waals surface area contributed by atoms with Crippen LogP contribution in [0.2, 0.25) is 0 Å². The van der Waals surface area contributed by atoms with E-state index in [1.54, 1.807) is 0 Å². The molecule has 0 saturated heterocycles. The lowest BCUT2D eigenvalue weighted by Gasteiger charge is -2.16. The highest BCUT2D eigenvalue weighted by Crippen LogP contribution is 2.37. The fourth-order valence-electron chi connectivity index (χ4n) is 2.38. The van der Waals surface area contributed by atoms with Crippen LogP contribution in [0.1, 0.15) is 0 Å². The predicted molar refractivity (Wildman–Crippen MR) is 86.7 cm³/mol. The van der Waals surface area contributed by atoms with Crippen molar-refractivity contribution >= 4 is 42.6 Å². The van der Waals surface area contributed by atoms with Gasteiger partial charge >= 0.3 is 0 Å². The maximum atomic E-state index is 14.7. The summed E-state index contributed by atoms with van der Waals surface area (Å²) in [6.07, 6.45) is 1.94. The highest BCUT2D eigenvalue weighted by atomic mass is 32.2. The van der Waals surface area contributed by atoms with Crippen LogP contribution < -0.4 is 5.12 Å². The zero-order valence-electron chi connectivity index (χ0n) is 12.6. The molecule has 0 spiro atoms. The fourth-order valence-corrected chi connectivity index (χ4v) is 3.96. The number of hydrogen-bond donors (Lipinski definition) is 2. The summed E-state index contributed by atoms with van der Waals surface area (Å²) in [7, 11) is -9.70. The van der Waals surface area contributed by atoms with Crippen LogP contribution in [0.3, 0.4) is 0 Å². The van der Waals surface area contributed by atoms with Crippen LogP contribution in [0.15, 0.2) is 52.8 Å². The quantitative estimate of drug-likeness (QED) is 0.487. The third-order valence-electron chi connectivity index (χ3n) is 3.35. The summed E-state index contributed by atoms with van der Waals surface area (Å²) in [5, 5.41) is -0.753. The Hall–Kier alpha value is -2.74. The minimum absolute atomic E-state index is 0.204. The van der Waals surface area contributed by atoms with E-state index in [9.17, 15) is 30.4 Å². The van der Waals surface area contributed by atoms with Crippen molar-refractivity contribution in [1.82, 2.24) is 15.0 Å². The molecule has 1 heterocycles. The van der Waals surface area contributed by atoms with Crippen molar-refractivity contribution in [2.24, 2.45) is 0 Å². The van der Waals surface area contributed by atoms with Crippen molar-refractivity contribution in [3.63, 3.8) is 0 Å². The standard InChI is InChI=1S/C13H9FN4O6S2/c14-18(13-16-6-15-7-17-13)10-5-4-8-9(12(10)26(22,23)24)2-1-3-11(8)25(19,20)21/h1-7H,(H,19,20,21)(H,22,23,24). The summed E-state index contributed by atoms with van der Waals surface area (Å²) in [5.74, 6) is -0.560. The Bertz CT molecular complexity index is 1200.